The van der Waals surface area contributed by atoms with Crippen LogP contribution in [0.2, 0.25) is 0 Å². The largest absolute Gasteiger partial charge is 0.494 e. The van der Waals surface area contributed by atoms with Gasteiger partial charge in [0.2, 0.25) is 5.91 Å². The lowest BCUT2D eigenvalue weighted by Crippen LogP contribution is -2.28. The van der Waals surface area contributed by atoms with E-state index < -0.39 is 0 Å². The van der Waals surface area contributed by atoms with Gasteiger partial charge in [-0.3, -0.25) is 4.79 Å². The van der Waals surface area contributed by atoms with Crippen molar-refractivity contribution in [1.29, 1.82) is 0 Å². The molecule has 2 aromatic carbocycles. The molecule has 0 bridgehead atoms. The highest BCUT2D eigenvalue weighted by atomic mass is 16.5. The third-order valence-electron chi connectivity index (χ3n) is 4.95. The van der Waals surface area contributed by atoms with E-state index in [1.165, 1.54) is 5.56 Å². The normalized spacial score (nSPS) is 11.2. The topological polar surface area (TPSA) is 56.1 Å². The van der Waals surface area contributed by atoms with Crippen molar-refractivity contribution in [2.75, 3.05) is 13.2 Å². The Kier molecular flexibility index (Phi) is 7.28. The van der Waals surface area contributed by atoms with Crippen LogP contribution in [0.4, 0.5) is 0 Å². The van der Waals surface area contributed by atoms with Crippen LogP contribution in [0, 0.1) is 12.8 Å². The molecule has 154 valence electrons. The number of fused-ring (bicyclic) bond motifs is 1. The van der Waals surface area contributed by atoms with E-state index >= 15 is 0 Å². The Morgan fingerprint density at radius 3 is 2.62 bits per heavy atom. The molecule has 0 spiro atoms. The van der Waals surface area contributed by atoms with Crippen molar-refractivity contribution in [3.8, 4) is 5.75 Å². The van der Waals surface area contributed by atoms with E-state index in [4.69, 9.17) is 9.72 Å². The molecule has 0 aliphatic rings. The number of nitrogens with one attached hydrogen (secondary N) is 1. The molecule has 0 fully saturated rings. The van der Waals surface area contributed by atoms with E-state index in [9.17, 15) is 4.79 Å². The maximum absolute atomic E-state index is 11.7. The first-order valence-corrected chi connectivity index (χ1v) is 10.5. The Bertz CT molecular complexity index is 929. The van der Waals surface area contributed by atoms with Crippen LogP contribution >= 0.6 is 0 Å². The summed E-state index contributed by atoms with van der Waals surface area (Å²) in [7, 11) is 0. The number of aryl methyl sites for hydroxylation is 3. The standard InChI is InChI=1S/C24H31N3O2/c1-18(2)24(28)25-15-6-10-23-26-21-8-4-5-9-22(21)27(23)16-7-17-29-20-13-11-19(3)12-14-20/h4-5,8-9,11-14,18H,6-7,10,15-17H2,1-3H3,(H,25,28). The molecule has 5 nitrogen and oxygen atoms in total. The lowest BCUT2D eigenvalue weighted by atomic mass is 10.2. The number of nitrogens with zero attached hydrogens (tertiary/aromatic N) is 2. The molecule has 1 amide bonds. The van der Waals surface area contributed by atoms with Gasteiger partial charge in [0, 0.05) is 25.4 Å². The molecule has 3 rings (SSSR count). The highest BCUT2D eigenvalue weighted by Crippen LogP contribution is 2.18. The summed E-state index contributed by atoms with van der Waals surface area (Å²) in [6.45, 7) is 8.10. The van der Waals surface area contributed by atoms with Gasteiger partial charge in [0.15, 0.2) is 0 Å². The summed E-state index contributed by atoms with van der Waals surface area (Å²) in [5.74, 6) is 2.10. The SMILES string of the molecule is Cc1ccc(OCCCn2c(CCCNC(=O)C(C)C)nc3ccccc32)cc1. The number of benzene rings is 2. The van der Waals surface area contributed by atoms with Crippen LogP contribution in [-0.4, -0.2) is 28.6 Å². The maximum atomic E-state index is 11.7. The maximum Gasteiger partial charge on any atom is 0.222 e. The molecule has 0 aliphatic carbocycles. The van der Waals surface area contributed by atoms with Crippen molar-refractivity contribution in [3.63, 3.8) is 0 Å². The van der Waals surface area contributed by atoms with Crippen molar-refractivity contribution in [2.24, 2.45) is 5.92 Å². The molecule has 1 N–H and O–H groups in total. The van der Waals surface area contributed by atoms with Gasteiger partial charge in [-0.1, -0.05) is 43.7 Å². The predicted molar refractivity (Wildman–Crippen MR) is 117 cm³/mol. The molecule has 29 heavy (non-hydrogen) atoms. The Morgan fingerprint density at radius 1 is 1.10 bits per heavy atom. The van der Waals surface area contributed by atoms with Crippen LogP contribution in [-0.2, 0) is 17.8 Å². The number of hydrogen-bond acceptors (Lipinski definition) is 3. The van der Waals surface area contributed by atoms with Gasteiger partial charge < -0.3 is 14.6 Å². The molecule has 0 saturated heterocycles. The second kappa shape index (κ2) is 10.1. The number of rotatable bonds is 10. The van der Waals surface area contributed by atoms with Crippen LogP contribution in [0.15, 0.2) is 48.5 Å². The summed E-state index contributed by atoms with van der Waals surface area (Å²) in [4.78, 5) is 16.5. The monoisotopic (exact) mass is 393 g/mol. The lowest BCUT2D eigenvalue weighted by Gasteiger charge is -2.11. The van der Waals surface area contributed by atoms with Gasteiger partial charge in [-0.2, -0.15) is 0 Å². The van der Waals surface area contributed by atoms with Crippen LogP contribution in [0.25, 0.3) is 11.0 Å². The first-order valence-electron chi connectivity index (χ1n) is 10.5. The molecule has 3 aromatic rings. The predicted octanol–water partition coefficient (Wildman–Crippen LogP) is 4.52. The van der Waals surface area contributed by atoms with Gasteiger partial charge in [-0.15, -0.1) is 0 Å². The van der Waals surface area contributed by atoms with Crippen LogP contribution < -0.4 is 10.1 Å². The number of aromatic nitrogens is 2. The van der Waals surface area contributed by atoms with Gasteiger partial charge >= 0.3 is 0 Å². The Labute approximate surface area is 173 Å². The van der Waals surface area contributed by atoms with E-state index in [-0.39, 0.29) is 11.8 Å². The molecule has 0 unspecified atom stereocenters. The first-order chi connectivity index (χ1) is 14.0. The average Bonchev–Trinajstić information content (AvgIpc) is 3.07. The van der Waals surface area contributed by atoms with E-state index in [1.807, 2.05) is 32.0 Å². The highest BCUT2D eigenvalue weighted by molar-refractivity contribution is 5.77. The molecule has 1 heterocycles. The van der Waals surface area contributed by atoms with Gasteiger partial charge in [-0.05, 0) is 44.0 Å². The van der Waals surface area contributed by atoms with Gasteiger partial charge in [0.25, 0.3) is 0 Å². The highest BCUT2D eigenvalue weighted by Gasteiger charge is 2.11. The van der Waals surface area contributed by atoms with Gasteiger partial charge in [-0.25, -0.2) is 4.98 Å². The quantitative estimate of drug-likeness (QED) is 0.515. The first kappa shape index (κ1) is 20.9. The molecular formula is C24H31N3O2. The third kappa shape index (κ3) is 5.83. The van der Waals surface area contributed by atoms with E-state index in [0.29, 0.717) is 13.2 Å². The Morgan fingerprint density at radius 2 is 1.86 bits per heavy atom. The summed E-state index contributed by atoms with van der Waals surface area (Å²) in [5.41, 5.74) is 3.41. The number of ether oxygens (including phenoxy) is 1. The lowest BCUT2D eigenvalue weighted by molar-refractivity contribution is -0.123. The summed E-state index contributed by atoms with van der Waals surface area (Å²) >= 11 is 0. The van der Waals surface area contributed by atoms with Gasteiger partial charge in [0.1, 0.15) is 11.6 Å². The number of imidazole rings is 1. The minimum absolute atomic E-state index is 0.0214. The minimum Gasteiger partial charge on any atom is -0.494 e. The second-order valence-electron chi connectivity index (χ2n) is 7.73. The van der Waals surface area contributed by atoms with Crippen molar-refractivity contribution in [2.45, 2.75) is 46.6 Å². The summed E-state index contributed by atoms with van der Waals surface area (Å²) in [6.07, 6.45) is 2.62. The Balaban J connectivity index is 1.57. The van der Waals surface area contributed by atoms with Crippen molar-refractivity contribution in [3.05, 3.63) is 59.9 Å². The second-order valence-corrected chi connectivity index (χ2v) is 7.73. The molecule has 0 aliphatic heterocycles. The van der Waals surface area contributed by atoms with Crippen molar-refractivity contribution < 1.29 is 9.53 Å². The zero-order chi connectivity index (χ0) is 20.6. The van der Waals surface area contributed by atoms with E-state index in [1.54, 1.807) is 0 Å². The molecule has 0 saturated carbocycles. The molecule has 1 aromatic heterocycles. The number of hydrogen-bond donors (Lipinski definition) is 1. The van der Waals surface area contributed by atoms with Crippen molar-refractivity contribution in [1.82, 2.24) is 14.9 Å². The van der Waals surface area contributed by atoms with E-state index in [0.717, 1.165) is 48.4 Å². The molecule has 0 atom stereocenters. The van der Waals surface area contributed by atoms with Crippen LogP contribution in [0.3, 0.4) is 0 Å². The molecule has 0 radical (unpaired) electrons. The molecular weight excluding hydrogens is 362 g/mol. The average molecular weight is 394 g/mol. The Hall–Kier alpha value is -2.82. The fourth-order valence-electron chi connectivity index (χ4n) is 3.28. The van der Waals surface area contributed by atoms with Crippen LogP contribution in [0.5, 0.6) is 5.75 Å². The smallest absolute Gasteiger partial charge is 0.222 e. The zero-order valence-electron chi connectivity index (χ0n) is 17.6. The van der Waals surface area contributed by atoms with Gasteiger partial charge in [0.05, 0.1) is 17.6 Å². The minimum atomic E-state index is 0.0214. The summed E-state index contributed by atoms with van der Waals surface area (Å²) in [5, 5.41) is 2.98. The molecule has 5 heteroatoms. The van der Waals surface area contributed by atoms with Crippen LogP contribution in [0.1, 0.15) is 38.1 Å². The summed E-state index contributed by atoms with van der Waals surface area (Å²) < 4.78 is 8.17. The van der Waals surface area contributed by atoms with Crippen molar-refractivity contribution >= 4 is 16.9 Å². The summed E-state index contributed by atoms with van der Waals surface area (Å²) in [6, 6.07) is 16.4. The number of carbonyl (C=O) groups excluding carboxylic acids is 1. The third-order valence-corrected chi connectivity index (χ3v) is 4.95. The number of carbonyl (C=O) groups is 1. The zero-order valence-corrected chi connectivity index (χ0v) is 17.6. The number of para-hydroxylation sites is 2. The number of amides is 1. The fraction of sp³-hybridized carbons (Fsp3) is 0.417. The van der Waals surface area contributed by atoms with E-state index in [2.05, 4.69) is 47.1 Å². The fourth-order valence-corrected chi connectivity index (χ4v) is 3.28.